The number of rotatable bonds is 6. The Kier molecular flexibility index (Phi) is 7.92. The maximum absolute atomic E-state index is 10.9. The molecule has 0 bridgehead atoms. The predicted molar refractivity (Wildman–Crippen MR) is 83.4 cm³/mol. The Bertz CT molecular complexity index is 546. The summed E-state index contributed by atoms with van der Waals surface area (Å²) in [7, 11) is 5.84. The summed E-state index contributed by atoms with van der Waals surface area (Å²) in [6, 6.07) is 4.04. The summed E-state index contributed by atoms with van der Waals surface area (Å²) in [5.41, 5.74) is 2.78. The number of aliphatic carboxylic acids is 1. The van der Waals surface area contributed by atoms with Crippen LogP contribution in [0.5, 0.6) is 5.75 Å². The number of quaternary nitrogens is 1. The fraction of sp³-hybridized carbons (Fsp3) is 0.400. The van der Waals surface area contributed by atoms with Gasteiger partial charge in [0.2, 0.25) is 0 Å². The molecular weight excluding hydrogens is 304 g/mol. The second kappa shape index (κ2) is 8.86. The first-order valence-corrected chi connectivity index (χ1v) is 6.80. The maximum Gasteiger partial charge on any atom is 0.339 e. The number of aromatic carboxylic acids is 1. The first kappa shape index (κ1) is 20.6. The second-order valence-corrected chi connectivity index (χ2v) is 5.63. The molecule has 0 aromatic heterocycles. The van der Waals surface area contributed by atoms with Gasteiger partial charge in [0.1, 0.15) is 11.3 Å². The van der Waals surface area contributed by atoms with Crippen molar-refractivity contribution >= 4 is 17.7 Å². The van der Waals surface area contributed by atoms with Crippen LogP contribution in [0.2, 0.25) is 0 Å². The van der Waals surface area contributed by atoms with Crippen molar-refractivity contribution in [3.63, 3.8) is 0 Å². The van der Waals surface area contributed by atoms with Crippen LogP contribution in [-0.4, -0.2) is 65.3 Å². The van der Waals surface area contributed by atoms with E-state index in [-0.39, 0.29) is 23.3 Å². The standard InChI is InChI=1S/C9H8O4.C6H14N2O2/c1-5(10)6-3-2-4-7(8(6)11)9(12)13;1-8(2,3)7-5-4-6(9)10/h2-4,11H,1H3,(H,12,13);7H,4-5H2,1-3H3/p+1. The molecule has 0 fully saturated rings. The van der Waals surface area contributed by atoms with Crippen LogP contribution in [0.15, 0.2) is 18.2 Å². The van der Waals surface area contributed by atoms with Gasteiger partial charge in [-0.25, -0.2) is 4.79 Å². The van der Waals surface area contributed by atoms with Crippen LogP contribution in [-0.2, 0) is 4.79 Å². The van der Waals surface area contributed by atoms with Crippen LogP contribution in [0.3, 0.4) is 0 Å². The zero-order valence-corrected chi connectivity index (χ0v) is 13.7. The molecule has 0 saturated heterocycles. The van der Waals surface area contributed by atoms with Crippen molar-refractivity contribution in [3.8, 4) is 5.75 Å². The molecule has 8 nitrogen and oxygen atoms in total. The Balaban J connectivity index is 0.000000438. The molecule has 0 aliphatic rings. The maximum atomic E-state index is 10.9. The summed E-state index contributed by atoms with van der Waals surface area (Å²) in [5.74, 6) is -2.84. The van der Waals surface area contributed by atoms with Crippen molar-refractivity contribution in [2.24, 2.45) is 0 Å². The first-order valence-electron chi connectivity index (χ1n) is 6.80. The largest absolute Gasteiger partial charge is 0.506 e. The number of benzene rings is 1. The number of para-hydroxylation sites is 1. The molecule has 0 amide bonds. The van der Waals surface area contributed by atoms with Crippen LogP contribution in [0.25, 0.3) is 0 Å². The van der Waals surface area contributed by atoms with E-state index in [4.69, 9.17) is 10.2 Å². The predicted octanol–water partition coefficient (Wildman–Crippen LogP) is 0.965. The summed E-state index contributed by atoms with van der Waals surface area (Å²) in [6.45, 7) is 1.78. The number of carbonyl (C=O) groups is 3. The van der Waals surface area contributed by atoms with Crippen molar-refractivity contribution < 1.29 is 34.3 Å². The quantitative estimate of drug-likeness (QED) is 0.348. The molecule has 1 aromatic carbocycles. The molecule has 1 rings (SSSR count). The van der Waals surface area contributed by atoms with Crippen LogP contribution >= 0.6 is 0 Å². The highest BCUT2D eigenvalue weighted by molar-refractivity contribution is 6.01. The van der Waals surface area contributed by atoms with E-state index < -0.39 is 17.7 Å². The van der Waals surface area contributed by atoms with E-state index in [0.29, 0.717) is 11.1 Å². The lowest BCUT2D eigenvalue weighted by molar-refractivity contribution is -0.915. The summed E-state index contributed by atoms with van der Waals surface area (Å²) >= 11 is 0. The topological polar surface area (TPSA) is 124 Å². The van der Waals surface area contributed by atoms with E-state index in [1.807, 2.05) is 21.1 Å². The normalized spacial score (nSPS) is 10.4. The van der Waals surface area contributed by atoms with Gasteiger partial charge in [-0.3, -0.25) is 14.2 Å². The highest BCUT2D eigenvalue weighted by Crippen LogP contribution is 2.22. The molecule has 128 valence electrons. The van der Waals surface area contributed by atoms with E-state index >= 15 is 0 Å². The molecule has 0 atom stereocenters. The Hall–Kier alpha value is -2.45. The molecule has 8 heteroatoms. The first-order chi connectivity index (χ1) is 10.5. The zero-order chi connectivity index (χ0) is 18.2. The lowest BCUT2D eigenvalue weighted by Gasteiger charge is -2.23. The number of phenols is 1. The molecule has 0 heterocycles. The van der Waals surface area contributed by atoms with Crippen LogP contribution in [0.1, 0.15) is 34.1 Å². The number of carboxylic acids is 2. The van der Waals surface area contributed by atoms with E-state index in [1.54, 1.807) is 0 Å². The smallest absolute Gasteiger partial charge is 0.339 e. The van der Waals surface area contributed by atoms with Crippen molar-refractivity contribution in [2.45, 2.75) is 13.3 Å². The number of nitrogens with zero attached hydrogens (tertiary/aromatic N) is 1. The number of nitrogens with one attached hydrogen (secondary N) is 1. The average molecular weight is 327 g/mol. The third-order valence-corrected chi connectivity index (χ3v) is 2.57. The Morgan fingerprint density at radius 1 is 1.09 bits per heavy atom. The minimum atomic E-state index is -1.25. The van der Waals surface area contributed by atoms with E-state index in [1.165, 1.54) is 25.1 Å². The average Bonchev–Trinajstić information content (AvgIpc) is 2.36. The summed E-state index contributed by atoms with van der Waals surface area (Å²) in [5, 5.41) is 26.2. The summed E-state index contributed by atoms with van der Waals surface area (Å²) < 4.78 is 0.591. The third kappa shape index (κ3) is 8.54. The van der Waals surface area contributed by atoms with Gasteiger partial charge >= 0.3 is 11.9 Å². The molecule has 23 heavy (non-hydrogen) atoms. The minimum absolute atomic E-state index is 0.0277. The van der Waals surface area contributed by atoms with Gasteiger partial charge in [-0.1, -0.05) is 6.07 Å². The second-order valence-electron chi connectivity index (χ2n) is 5.63. The minimum Gasteiger partial charge on any atom is -0.506 e. The number of aromatic hydroxyl groups is 1. The lowest BCUT2D eigenvalue weighted by atomic mass is 10.1. The number of ketones is 1. The summed E-state index contributed by atoms with van der Waals surface area (Å²) in [4.78, 5) is 31.5. The zero-order valence-electron chi connectivity index (χ0n) is 13.7. The fourth-order valence-electron chi connectivity index (χ4n) is 1.50. The van der Waals surface area contributed by atoms with Gasteiger partial charge in [-0.05, 0) is 19.1 Å². The SMILES string of the molecule is CC(=O)c1cccc(C(=O)O)c1O.C[N+](C)(C)NCCC(=O)O. The van der Waals surface area contributed by atoms with Gasteiger partial charge in [0.25, 0.3) is 0 Å². The van der Waals surface area contributed by atoms with Gasteiger partial charge in [-0.2, -0.15) is 5.43 Å². The molecular formula is C15H23N2O6+. The molecule has 0 radical (unpaired) electrons. The van der Waals surface area contributed by atoms with Gasteiger partial charge in [-0.15, -0.1) is 0 Å². The summed E-state index contributed by atoms with van der Waals surface area (Å²) in [6.07, 6.45) is 0.176. The number of carboxylic acid groups (broad SMARTS) is 2. The highest BCUT2D eigenvalue weighted by Gasteiger charge is 2.14. The van der Waals surface area contributed by atoms with Crippen LogP contribution in [0, 0.1) is 0 Å². The molecule has 0 saturated carbocycles. The van der Waals surface area contributed by atoms with Crippen molar-refractivity contribution in [2.75, 3.05) is 27.7 Å². The fourth-order valence-corrected chi connectivity index (χ4v) is 1.50. The van der Waals surface area contributed by atoms with Crippen molar-refractivity contribution in [3.05, 3.63) is 29.3 Å². The van der Waals surface area contributed by atoms with E-state index in [2.05, 4.69) is 5.43 Å². The Morgan fingerprint density at radius 3 is 2.00 bits per heavy atom. The number of hydrogen-bond acceptors (Lipinski definition) is 5. The van der Waals surface area contributed by atoms with Crippen molar-refractivity contribution in [1.29, 1.82) is 0 Å². The Labute approximate surface area is 134 Å². The van der Waals surface area contributed by atoms with Gasteiger partial charge in [0.15, 0.2) is 5.78 Å². The van der Waals surface area contributed by atoms with Gasteiger partial charge < -0.3 is 15.3 Å². The van der Waals surface area contributed by atoms with Gasteiger partial charge in [0.05, 0.1) is 39.7 Å². The van der Waals surface area contributed by atoms with Gasteiger partial charge in [0, 0.05) is 0 Å². The highest BCUT2D eigenvalue weighted by atomic mass is 16.4. The third-order valence-electron chi connectivity index (χ3n) is 2.57. The lowest BCUT2D eigenvalue weighted by Crippen LogP contribution is -2.48. The monoisotopic (exact) mass is 327 g/mol. The molecule has 0 aliphatic carbocycles. The van der Waals surface area contributed by atoms with Crippen molar-refractivity contribution in [1.82, 2.24) is 5.43 Å². The molecule has 0 spiro atoms. The molecule has 0 unspecified atom stereocenters. The van der Waals surface area contributed by atoms with E-state index in [0.717, 1.165) is 0 Å². The number of Topliss-reactive ketones (excluding diaryl/α,β-unsaturated/α-hetero) is 1. The molecule has 0 aliphatic heterocycles. The van der Waals surface area contributed by atoms with E-state index in [9.17, 15) is 19.5 Å². The Morgan fingerprint density at radius 2 is 1.61 bits per heavy atom. The number of carbonyl (C=O) groups excluding carboxylic acids is 1. The van der Waals surface area contributed by atoms with Crippen LogP contribution in [0.4, 0.5) is 0 Å². The molecule has 1 aromatic rings. The van der Waals surface area contributed by atoms with Crippen LogP contribution < -0.4 is 5.43 Å². The molecule has 4 N–H and O–H groups in total. The number of hydrogen-bond donors (Lipinski definition) is 4.